The number of nitrogens with zero attached hydrogens (tertiary/aromatic N) is 5. The predicted molar refractivity (Wildman–Crippen MR) is 120 cm³/mol. The number of nitrogens with two attached hydrogens (primary N) is 1. The van der Waals surface area contributed by atoms with Crippen molar-refractivity contribution in [2.45, 2.75) is 32.9 Å². The minimum absolute atomic E-state index is 0.0670. The lowest BCUT2D eigenvalue weighted by molar-refractivity contribution is 0.0637. The van der Waals surface area contributed by atoms with Gasteiger partial charge in [0.1, 0.15) is 11.5 Å². The Morgan fingerprint density at radius 1 is 1.18 bits per heavy atom. The zero-order chi connectivity index (χ0) is 23.3. The van der Waals surface area contributed by atoms with Crippen LogP contribution in [0.5, 0.6) is 0 Å². The SMILES string of the molecule is CCc1cc(C(=O)N2CCn3cccc3C2C)nc2cc(-c3ccc(C(N)=O)cc3F)nn12. The summed E-state index contributed by atoms with van der Waals surface area (Å²) in [6, 6.07) is 11.4. The number of amides is 2. The highest BCUT2D eigenvalue weighted by Gasteiger charge is 2.29. The van der Waals surface area contributed by atoms with E-state index in [4.69, 9.17) is 5.73 Å². The first-order chi connectivity index (χ1) is 15.9. The Morgan fingerprint density at radius 3 is 2.73 bits per heavy atom. The van der Waals surface area contributed by atoms with E-state index in [0.717, 1.165) is 24.0 Å². The van der Waals surface area contributed by atoms with Crippen molar-refractivity contribution in [3.05, 3.63) is 77.1 Å². The highest BCUT2D eigenvalue weighted by Crippen LogP contribution is 2.28. The number of carbonyl (C=O) groups is 2. The number of fused-ring (bicyclic) bond motifs is 2. The van der Waals surface area contributed by atoms with E-state index in [9.17, 15) is 14.0 Å². The van der Waals surface area contributed by atoms with Crippen LogP contribution >= 0.6 is 0 Å². The van der Waals surface area contributed by atoms with Gasteiger partial charge in [0.05, 0.1) is 11.7 Å². The molecule has 4 heterocycles. The van der Waals surface area contributed by atoms with E-state index in [1.54, 1.807) is 16.6 Å². The minimum Gasteiger partial charge on any atom is -0.366 e. The molecule has 1 atom stereocenters. The van der Waals surface area contributed by atoms with E-state index in [1.165, 1.54) is 12.1 Å². The molecule has 1 aliphatic heterocycles. The van der Waals surface area contributed by atoms with Crippen LogP contribution in [0.2, 0.25) is 0 Å². The third-order valence-corrected chi connectivity index (χ3v) is 6.21. The van der Waals surface area contributed by atoms with E-state index in [1.807, 2.05) is 37.1 Å². The molecule has 2 N–H and O–H groups in total. The summed E-state index contributed by atoms with van der Waals surface area (Å²) in [6.07, 6.45) is 2.64. The quantitative estimate of drug-likeness (QED) is 0.520. The van der Waals surface area contributed by atoms with Gasteiger partial charge in [-0.25, -0.2) is 13.9 Å². The van der Waals surface area contributed by atoms with Gasteiger partial charge in [0.15, 0.2) is 5.65 Å². The van der Waals surface area contributed by atoms with E-state index in [0.29, 0.717) is 30.0 Å². The Balaban J connectivity index is 1.53. The van der Waals surface area contributed by atoms with E-state index < -0.39 is 11.7 Å². The van der Waals surface area contributed by atoms with Gasteiger partial charge in [-0.3, -0.25) is 9.59 Å². The van der Waals surface area contributed by atoms with Crippen molar-refractivity contribution in [2.24, 2.45) is 5.73 Å². The molecule has 0 saturated carbocycles. The summed E-state index contributed by atoms with van der Waals surface area (Å²) in [6.45, 7) is 5.30. The van der Waals surface area contributed by atoms with Gasteiger partial charge in [-0.1, -0.05) is 6.92 Å². The molecule has 168 valence electrons. The monoisotopic (exact) mass is 446 g/mol. The predicted octanol–water partition coefficient (Wildman–Crippen LogP) is 3.22. The van der Waals surface area contributed by atoms with Crippen LogP contribution in [0.4, 0.5) is 4.39 Å². The van der Waals surface area contributed by atoms with Crippen molar-refractivity contribution in [1.29, 1.82) is 0 Å². The van der Waals surface area contributed by atoms with Crippen molar-refractivity contribution in [3.8, 4) is 11.3 Å². The van der Waals surface area contributed by atoms with Gasteiger partial charge >= 0.3 is 0 Å². The molecule has 1 aliphatic rings. The number of benzene rings is 1. The topological polar surface area (TPSA) is 98.5 Å². The molecular weight excluding hydrogens is 423 g/mol. The summed E-state index contributed by atoms with van der Waals surface area (Å²) in [5.74, 6) is -1.45. The Hall–Kier alpha value is -4.01. The third-order valence-electron chi connectivity index (χ3n) is 6.21. The van der Waals surface area contributed by atoms with Crippen molar-refractivity contribution < 1.29 is 14.0 Å². The molecule has 1 aromatic carbocycles. The molecule has 0 bridgehead atoms. The van der Waals surface area contributed by atoms with Crippen molar-refractivity contribution >= 4 is 17.5 Å². The molecule has 33 heavy (non-hydrogen) atoms. The summed E-state index contributed by atoms with van der Waals surface area (Å²) in [4.78, 5) is 31.1. The highest BCUT2D eigenvalue weighted by atomic mass is 19.1. The number of aromatic nitrogens is 4. The lowest BCUT2D eigenvalue weighted by Crippen LogP contribution is -2.41. The number of hydrogen-bond donors (Lipinski definition) is 1. The molecule has 0 spiro atoms. The molecule has 2 amide bonds. The van der Waals surface area contributed by atoms with Crippen LogP contribution < -0.4 is 5.73 Å². The van der Waals surface area contributed by atoms with E-state index in [-0.39, 0.29) is 23.1 Å². The summed E-state index contributed by atoms with van der Waals surface area (Å²) in [7, 11) is 0. The van der Waals surface area contributed by atoms with Crippen LogP contribution in [0.25, 0.3) is 16.9 Å². The molecule has 0 fully saturated rings. The molecule has 0 saturated heterocycles. The van der Waals surface area contributed by atoms with Gasteiger partial charge < -0.3 is 15.2 Å². The number of carbonyl (C=O) groups excluding carboxylic acids is 2. The Labute approximate surface area is 189 Å². The van der Waals surface area contributed by atoms with Gasteiger partial charge in [-0.05, 0) is 49.7 Å². The summed E-state index contributed by atoms with van der Waals surface area (Å²) < 4.78 is 18.4. The molecule has 0 radical (unpaired) electrons. The number of hydrogen-bond acceptors (Lipinski definition) is 4. The van der Waals surface area contributed by atoms with Gasteiger partial charge in [0.2, 0.25) is 5.91 Å². The molecule has 8 nitrogen and oxygen atoms in total. The normalized spacial score (nSPS) is 15.6. The molecule has 1 unspecified atom stereocenters. The van der Waals surface area contributed by atoms with Gasteiger partial charge in [-0.15, -0.1) is 0 Å². The first kappa shape index (κ1) is 20.9. The summed E-state index contributed by atoms with van der Waals surface area (Å²) in [5.41, 5.74) is 8.58. The fourth-order valence-corrected chi connectivity index (χ4v) is 4.41. The van der Waals surface area contributed by atoms with Crippen LogP contribution in [-0.4, -0.2) is 42.4 Å². The molecule has 0 aliphatic carbocycles. The first-order valence-electron chi connectivity index (χ1n) is 10.8. The average Bonchev–Trinajstić information content (AvgIpc) is 3.45. The maximum absolute atomic E-state index is 14.7. The molecule has 9 heteroatoms. The number of primary amides is 1. The largest absolute Gasteiger partial charge is 0.366 e. The highest BCUT2D eigenvalue weighted by molar-refractivity contribution is 5.94. The second-order valence-electron chi connectivity index (χ2n) is 8.15. The van der Waals surface area contributed by atoms with E-state index >= 15 is 0 Å². The lowest BCUT2D eigenvalue weighted by atomic mass is 10.1. The Morgan fingerprint density at radius 2 is 2.00 bits per heavy atom. The average molecular weight is 446 g/mol. The molecular formula is C24H23FN6O2. The first-order valence-corrected chi connectivity index (χ1v) is 10.8. The number of rotatable bonds is 4. The number of aryl methyl sites for hydroxylation is 1. The minimum atomic E-state index is -0.701. The van der Waals surface area contributed by atoms with Crippen LogP contribution in [0.3, 0.4) is 0 Å². The van der Waals surface area contributed by atoms with Crippen LogP contribution in [-0.2, 0) is 13.0 Å². The van der Waals surface area contributed by atoms with Crippen LogP contribution in [0.1, 0.15) is 52.1 Å². The molecule has 4 aromatic rings. The Kier molecular flexibility index (Phi) is 4.96. The second kappa shape index (κ2) is 7.84. The standard InChI is InChI=1S/C24H23FN6O2/c1-3-16-12-20(24(33)30-10-9-29-8-4-5-21(29)14(30)2)27-22-13-19(28-31(16)22)17-7-6-15(23(26)32)11-18(17)25/h4-8,11-14H,3,9-10H2,1-2H3,(H2,26,32). The lowest BCUT2D eigenvalue weighted by Gasteiger charge is -2.34. The summed E-state index contributed by atoms with van der Waals surface area (Å²) in [5, 5.41) is 4.51. The Bertz CT molecular complexity index is 1410. The zero-order valence-electron chi connectivity index (χ0n) is 18.3. The molecule has 5 rings (SSSR count). The van der Waals surface area contributed by atoms with Crippen LogP contribution in [0, 0.1) is 5.82 Å². The fourth-order valence-electron chi connectivity index (χ4n) is 4.41. The smallest absolute Gasteiger partial charge is 0.273 e. The third kappa shape index (κ3) is 3.45. The molecule has 3 aromatic heterocycles. The van der Waals surface area contributed by atoms with Crippen molar-refractivity contribution in [2.75, 3.05) is 6.54 Å². The van der Waals surface area contributed by atoms with Gasteiger partial charge in [-0.2, -0.15) is 5.10 Å². The van der Waals surface area contributed by atoms with Crippen LogP contribution in [0.15, 0.2) is 48.7 Å². The fraction of sp³-hybridized carbons (Fsp3) is 0.250. The van der Waals surface area contributed by atoms with Crippen molar-refractivity contribution in [3.63, 3.8) is 0 Å². The van der Waals surface area contributed by atoms with Gasteiger partial charge in [0.25, 0.3) is 5.91 Å². The van der Waals surface area contributed by atoms with Crippen molar-refractivity contribution in [1.82, 2.24) is 24.1 Å². The van der Waals surface area contributed by atoms with E-state index in [2.05, 4.69) is 14.6 Å². The summed E-state index contributed by atoms with van der Waals surface area (Å²) >= 11 is 0. The number of halogens is 1. The zero-order valence-corrected chi connectivity index (χ0v) is 18.3. The maximum Gasteiger partial charge on any atom is 0.273 e. The maximum atomic E-state index is 14.7. The second-order valence-corrected chi connectivity index (χ2v) is 8.15. The van der Waals surface area contributed by atoms with Gasteiger partial charge in [0, 0.05) is 47.9 Å².